The molecule has 0 radical (unpaired) electrons. The number of aromatic amines is 1. The lowest BCUT2D eigenvalue weighted by Crippen LogP contribution is -2.34. The number of aromatic nitrogens is 3. The van der Waals surface area contributed by atoms with E-state index in [0.717, 1.165) is 39.0 Å². The molecule has 6 heteroatoms. The fourth-order valence-electron chi connectivity index (χ4n) is 5.13. The van der Waals surface area contributed by atoms with Crippen molar-refractivity contribution in [3.8, 4) is 11.1 Å². The lowest BCUT2D eigenvalue weighted by atomic mass is 9.94. The number of benzene rings is 1. The van der Waals surface area contributed by atoms with Crippen LogP contribution in [-0.4, -0.2) is 41.1 Å². The maximum absolute atomic E-state index is 6.19. The lowest BCUT2D eigenvalue weighted by molar-refractivity contribution is 0.394. The van der Waals surface area contributed by atoms with Gasteiger partial charge in [0.1, 0.15) is 17.8 Å². The van der Waals surface area contributed by atoms with Crippen molar-refractivity contribution in [1.82, 2.24) is 20.3 Å². The van der Waals surface area contributed by atoms with Crippen LogP contribution in [0.15, 0.2) is 36.8 Å². The highest BCUT2D eigenvalue weighted by Crippen LogP contribution is 2.36. The van der Waals surface area contributed by atoms with Crippen LogP contribution in [0.3, 0.4) is 0 Å². The predicted octanol–water partition coefficient (Wildman–Crippen LogP) is 6.59. The van der Waals surface area contributed by atoms with Gasteiger partial charge in [0, 0.05) is 35.9 Å². The van der Waals surface area contributed by atoms with Crippen LogP contribution >= 0.6 is 11.6 Å². The van der Waals surface area contributed by atoms with Crippen LogP contribution in [0.2, 0.25) is 5.02 Å². The zero-order valence-corrected chi connectivity index (χ0v) is 20.2. The summed E-state index contributed by atoms with van der Waals surface area (Å²) in [5.41, 5.74) is 3.06. The maximum Gasteiger partial charge on any atom is 0.143 e. The van der Waals surface area contributed by atoms with Crippen molar-refractivity contribution in [2.45, 2.75) is 76.3 Å². The Hall–Kier alpha value is -2.11. The highest BCUT2D eigenvalue weighted by molar-refractivity contribution is 6.31. The zero-order chi connectivity index (χ0) is 22.3. The summed E-state index contributed by atoms with van der Waals surface area (Å²) < 4.78 is 0. The van der Waals surface area contributed by atoms with Crippen LogP contribution < -0.4 is 10.2 Å². The Bertz CT molecular complexity index is 989. The van der Waals surface area contributed by atoms with Crippen molar-refractivity contribution in [3.63, 3.8) is 0 Å². The van der Waals surface area contributed by atoms with Gasteiger partial charge in [-0.3, -0.25) is 0 Å². The third-order valence-corrected chi connectivity index (χ3v) is 7.29. The summed E-state index contributed by atoms with van der Waals surface area (Å²) in [5.74, 6) is 1.00. The first-order valence-corrected chi connectivity index (χ1v) is 12.5. The van der Waals surface area contributed by atoms with E-state index < -0.39 is 0 Å². The molecule has 32 heavy (non-hydrogen) atoms. The second-order valence-electron chi connectivity index (χ2n) is 9.16. The molecule has 0 amide bonds. The SMILES string of the molecule is CN(c1ncnc2[nH]cc(-c3cccc(Cl)c3)c12)C1CCCCC1.CNC1CCCCC1. The number of H-pyrrole nitrogens is 1. The average Bonchev–Trinajstić information content (AvgIpc) is 3.29. The molecule has 2 fully saturated rings. The first kappa shape index (κ1) is 23.1. The summed E-state index contributed by atoms with van der Waals surface area (Å²) >= 11 is 6.19. The van der Waals surface area contributed by atoms with Gasteiger partial charge in [-0.15, -0.1) is 0 Å². The zero-order valence-electron chi connectivity index (χ0n) is 19.4. The van der Waals surface area contributed by atoms with Crippen LogP contribution in [-0.2, 0) is 0 Å². The number of nitrogens with one attached hydrogen (secondary N) is 2. The quantitative estimate of drug-likeness (QED) is 0.468. The van der Waals surface area contributed by atoms with Crippen molar-refractivity contribution < 1.29 is 0 Å². The first-order valence-electron chi connectivity index (χ1n) is 12.2. The molecule has 2 aromatic heterocycles. The number of rotatable bonds is 4. The van der Waals surface area contributed by atoms with Crippen molar-refractivity contribution in [3.05, 3.63) is 41.8 Å². The van der Waals surface area contributed by atoms with Gasteiger partial charge in [0.15, 0.2) is 0 Å². The van der Waals surface area contributed by atoms with Crippen LogP contribution in [0.4, 0.5) is 5.82 Å². The number of hydrogen-bond donors (Lipinski definition) is 2. The molecular formula is C26H36ClN5. The Morgan fingerprint density at radius 2 is 1.72 bits per heavy atom. The van der Waals surface area contributed by atoms with Gasteiger partial charge in [-0.25, -0.2) is 9.97 Å². The first-order chi connectivity index (χ1) is 15.7. The topological polar surface area (TPSA) is 56.8 Å². The van der Waals surface area contributed by atoms with Gasteiger partial charge in [0.05, 0.1) is 5.39 Å². The van der Waals surface area contributed by atoms with Crippen molar-refractivity contribution in [2.24, 2.45) is 0 Å². The van der Waals surface area contributed by atoms with Gasteiger partial charge in [0.2, 0.25) is 0 Å². The van der Waals surface area contributed by atoms with Gasteiger partial charge >= 0.3 is 0 Å². The number of halogens is 1. The van der Waals surface area contributed by atoms with Crippen LogP contribution in [0.5, 0.6) is 0 Å². The second-order valence-corrected chi connectivity index (χ2v) is 9.60. The minimum Gasteiger partial charge on any atom is -0.356 e. The summed E-state index contributed by atoms with van der Waals surface area (Å²) in [6.45, 7) is 0. The molecular weight excluding hydrogens is 418 g/mol. The Balaban J connectivity index is 0.000000260. The number of anilines is 1. The second kappa shape index (κ2) is 11.2. The Morgan fingerprint density at radius 3 is 2.38 bits per heavy atom. The van der Waals surface area contributed by atoms with Gasteiger partial charge in [0.25, 0.3) is 0 Å². The molecule has 0 bridgehead atoms. The van der Waals surface area contributed by atoms with Crippen molar-refractivity contribution in [1.29, 1.82) is 0 Å². The van der Waals surface area contributed by atoms with E-state index in [-0.39, 0.29) is 0 Å². The van der Waals surface area contributed by atoms with E-state index in [2.05, 4.69) is 45.3 Å². The monoisotopic (exact) mass is 453 g/mol. The molecule has 1 aromatic carbocycles. The number of fused-ring (bicyclic) bond motifs is 1. The van der Waals surface area contributed by atoms with Crippen LogP contribution in [0.1, 0.15) is 64.2 Å². The van der Waals surface area contributed by atoms with E-state index in [0.29, 0.717) is 6.04 Å². The van der Waals surface area contributed by atoms with E-state index in [1.165, 1.54) is 64.2 Å². The molecule has 0 unspecified atom stereocenters. The molecule has 3 aromatic rings. The molecule has 0 aliphatic heterocycles. The number of nitrogens with zero attached hydrogens (tertiary/aromatic N) is 3. The molecule has 0 saturated heterocycles. The largest absolute Gasteiger partial charge is 0.356 e. The van der Waals surface area contributed by atoms with E-state index in [9.17, 15) is 0 Å². The van der Waals surface area contributed by atoms with Crippen LogP contribution in [0.25, 0.3) is 22.2 Å². The van der Waals surface area contributed by atoms with E-state index in [4.69, 9.17) is 11.6 Å². The van der Waals surface area contributed by atoms with Crippen molar-refractivity contribution in [2.75, 3.05) is 19.0 Å². The molecule has 2 heterocycles. The summed E-state index contributed by atoms with van der Waals surface area (Å²) in [6.07, 6.45) is 17.2. The van der Waals surface area contributed by atoms with Gasteiger partial charge in [-0.1, -0.05) is 62.3 Å². The molecule has 5 nitrogen and oxygen atoms in total. The fourth-order valence-corrected chi connectivity index (χ4v) is 5.32. The summed E-state index contributed by atoms with van der Waals surface area (Å²) in [7, 11) is 4.22. The molecule has 0 spiro atoms. The summed E-state index contributed by atoms with van der Waals surface area (Å²) in [6, 6.07) is 9.33. The predicted molar refractivity (Wildman–Crippen MR) is 136 cm³/mol. The van der Waals surface area contributed by atoms with E-state index in [1.807, 2.05) is 24.4 Å². The molecule has 2 aliphatic carbocycles. The fraction of sp³-hybridized carbons (Fsp3) is 0.538. The standard InChI is InChI=1S/C19H21ClN4.C7H15N/c1-24(15-8-3-2-4-9-15)19-17-16(11-21-18(17)22-12-23-19)13-6-5-7-14(20)10-13;1-8-7-5-3-2-4-6-7/h5-7,10-12,15H,2-4,8-9H2,1H3,(H,21,22,23);7-8H,2-6H2,1H3. The Kier molecular flexibility index (Phi) is 8.04. The van der Waals surface area contributed by atoms with Gasteiger partial charge in [-0.2, -0.15) is 0 Å². The molecule has 5 rings (SSSR count). The molecule has 2 N–H and O–H groups in total. The highest BCUT2D eigenvalue weighted by Gasteiger charge is 2.23. The maximum atomic E-state index is 6.19. The minimum atomic E-state index is 0.555. The smallest absolute Gasteiger partial charge is 0.143 e. The molecule has 172 valence electrons. The van der Waals surface area contributed by atoms with Gasteiger partial charge in [-0.05, 0) is 50.4 Å². The van der Waals surface area contributed by atoms with E-state index >= 15 is 0 Å². The molecule has 2 aliphatic rings. The Morgan fingerprint density at radius 1 is 1.00 bits per heavy atom. The third kappa shape index (κ3) is 5.44. The van der Waals surface area contributed by atoms with E-state index in [1.54, 1.807) is 6.33 Å². The lowest BCUT2D eigenvalue weighted by Gasteiger charge is -2.32. The minimum absolute atomic E-state index is 0.555. The summed E-state index contributed by atoms with van der Waals surface area (Å²) in [5, 5.41) is 5.12. The molecule has 0 atom stereocenters. The normalized spacial score (nSPS) is 17.7. The van der Waals surface area contributed by atoms with Gasteiger partial charge < -0.3 is 15.2 Å². The highest BCUT2D eigenvalue weighted by atomic mass is 35.5. The average molecular weight is 454 g/mol. The third-order valence-electron chi connectivity index (χ3n) is 7.06. The van der Waals surface area contributed by atoms with Crippen molar-refractivity contribution >= 4 is 28.5 Å². The Labute approximate surface area is 197 Å². The molecule has 2 saturated carbocycles. The number of hydrogen-bond acceptors (Lipinski definition) is 4. The summed E-state index contributed by atoms with van der Waals surface area (Å²) in [4.78, 5) is 14.7. The van der Waals surface area contributed by atoms with Crippen LogP contribution in [0, 0.1) is 0 Å².